The van der Waals surface area contributed by atoms with Crippen LogP contribution >= 0.6 is 7.60 Å². The van der Waals surface area contributed by atoms with E-state index >= 15 is 0 Å². The van der Waals surface area contributed by atoms with Crippen LogP contribution in [0.3, 0.4) is 0 Å². The molecule has 112 valence electrons. The summed E-state index contributed by atoms with van der Waals surface area (Å²) >= 11 is 0. The van der Waals surface area contributed by atoms with Gasteiger partial charge in [0.25, 0.3) is 5.91 Å². The second kappa shape index (κ2) is 5.49. The van der Waals surface area contributed by atoms with E-state index < -0.39 is 32.3 Å². The number of amides is 1. The number of aliphatic imine (C=N–C) groups is 2. The van der Waals surface area contributed by atoms with Crippen molar-refractivity contribution in [3.05, 3.63) is 0 Å². The van der Waals surface area contributed by atoms with E-state index in [9.17, 15) is 9.36 Å². The van der Waals surface area contributed by atoms with Crippen LogP contribution in [-0.2, 0) is 14.1 Å². The first kappa shape index (κ1) is 14.9. The molecule has 2 aliphatic rings. The Hall–Kier alpha value is -1.48. The van der Waals surface area contributed by atoms with Gasteiger partial charge in [-0.3, -0.25) is 19.7 Å². The predicted octanol–water partition coefficient (Wildman–Crippen LogP) is -1.99. The number of nitrogens with two attached hydrogens (primary N) is 1. The van der Waals surface area contributed by atoms with Crippen molar-refractivity contribution in [2.75, 3.05) is 12.9 Å². The molecule has 5 N–H and O–H groups in total. The summed E-state index contributed by atoms with van der Waals surface area (Å²) in [6.45, 7) is 1.95. The maximum absolute atomic E-state index is 11.6. The number of hydrogen-bond acceptors (Lipinski definition) is 7. The maximum Gasteiger partial charge on any atom is 0.350 e. The van der Waals surface area contributed by atoms with E-state index in [1.165, 1.54) is 6.34 Å². The zero-order valence-corrected chi connectivity index (χ0v) is 11.6. The van der Waals surface area contributed by atoms with Crippen LogP contribution in [-0.4, -0.2) is 64.1 Å². The Morgan fingerprint density at radius 1 is 1.65 bits per heavy atom. The molecule has 0 saturated carbocycles. The summed E-state index contributed by atoms with van der Waals surface area (Å²) in [5.74, 6) is -0.305. The molecule has 2 heterocycles. The molecule has 0 aliphatic carbocycles. The lowest BCUT2D eigenvalue weighted by Gasteiger charge is -2.29. The van der Waals surface area contributed by atoms with E-state index in [1.54, 1.807) is 11.8 Å². The number of carbonyl (C=O) groups excluding carboxylic acids is 1. The third-order valence-electron chi connectivity index (χ3n) is 2.78. The average Bonchev–Trinajstić information content (AvgIpc) is 2.69. The van der Waals surface area contributed by atoms with Gasteiger partial charge in [-0.25, -0.2) is 4.99 Å². The van der Waals surface area contributed by atoms with Crippen molar-refractivity contribution in [1.29, 1.82) is 0 Å². The number of carbonyl (C=O) groups is 1. The van der Waals surface area contributed by atoms with Crippen LogP contribution in [0.5, 0.6) is 0 Å². The van der Waals surface area contributed by atoms with Crippen molar-refractivity contribution in [3.8, 4) is 0 Å². The molecule has 20 heavy (non-hydrogen) atoms. The summed E-state index contributed by atoms with van der Waals surface area (Å²) in [4.78, 5) is 38.9. The molecule has 2 aliphatic heterocycles. The highest BCUT2D eigenvalue weighted by Crippen LogP contribution is 2.34. The Balaban J connectivity index is 1.94. The molecule has 0 spiro atoms. The van der Waals surface area contributed by atoms with Crippen molar-refractivity contribution in [3.63, 3.8) is 0 Å². The zero-order chi connectivity index (χ0) is 14.9. The summed E-state index contributed by atoms with van der Waals surface area (Å²) in [7, 11) is -4.20. The summed E-state index contributed by atoms with van der Waals surface area (Å²) in [5, 5.41) is 2.38. The minimum absolute atomic E-state index is 0.0236. The molecule has 0 saturated heterocycles. The van der Waals surface area contributed by atoms with E-state index in [1.807, 2.05) is 0 Å². The Kier molecular flexibility index (Phi) is 4.09. The van der Waals surface area contributed by atoms with Gasteiger partial charge in [-0.05, 0) is 6.92 Å². The highest BCUT2D eigenvalue weighted by molar-refractivity contribution is 7.51. The summed E-state index contributed by atoms with van der Waals surface area (Å²) in [5.41, 5.74) is 5.49. The Bertz CT molecular complexity index is 503. The number of nitrogens with one attached hydrogen (secondary N) is 1. The Morgan fingerprint density at radius 3 is 3.00 bits per heavy atom. The van der Waals surface area contributed by atoms with Gasteiger partial charge in [-0.2, -0.15) is 0 Å². The Morgan fingerprint density at radius 2 is 2.35 bits per heavy atom. The molecule has 0 radical (unpaired) electrons. The van der Waals surface area contributed by atoms with Crippen LogP contribution in [0.25, 0.3) is 0 Å². The fourth-order valence-corrected chi connectivity index (χ4v) is 2.38. The minimum Gasteiger partial charge on any atom is -0.370 e. The van der Waals surface area contributed by atoms with Gasteiger partial charge in [0.2, 0.25) is 0 Å². The zero-order valence-electron chi connectivity index (χ0n) is 10.7. The van der Waals surface area contributed by atoms with Crippen LogP contribution in [0.1, 0.15) is 6.92 Å². The first-order valence-corrected chi connectivity index (χ1v) is 7.65. The van der Waals surface area contributed by atoms with Gasteiger partial charge in [0, 0.05) is 6.54 Å². The van der Waals surface area contributed by atoms with Gasteiger partial charge in [0.05, 0.1) is 12.4 Å². The normalized spacial score (nSPS) is 27.1. The summed E-state index contributed by atoms with van der Waals surface area (Å²) < 4.78 is 15.8. The van der Waals surface area contributed by atoms with Crippen LogP contribution < -0.4 is 11.1 Å². The standard InChI is InChI=1S/C9H16N5O5P/c1-5(19-4-20(16,17)18)2-14-3-11-6-7(14)12-9(10)13-8(6)15/h3,5-7H,2,4H2,1H3,(H2,16,17,18)(H3,10,12,13,15)/t5-,6?,7?/m1/s1. The highest BCUT2D eigenvalue weighted by Gasteiger charge is 2.39. The van der Waals surface area contributed by atoms with Crippen molar-refractivity contribution >= 4 is 25.8 Å². The molecular formula is C9H16N5O5P. The number of nitrogens with zero attached hydrogens (tertiary/aromatic N) is 3. The first-order valence-electron chi connectivity index (χ1n) is 5.85. The van der Waals surface area contributed by atoms with Crippen LogP contribution in [0.2, 0.25) is 0 Å². The largest absolute Gasteiger partial charge is 0.370 e. The van der Waals surface area contributed by atoms with Gasteiger partial charge < -0.3 is 25.2 Å². The van der Waals surface area contributed by atoms with Crippen molar-refractivity contribution in [2.24, 2.45) is 15.7 Å². The Labute approximate surface area is 114 Å². The van der Waals surface area contributed by atoms with E-state index in [2.05, 4.69) is 15.3 Å². The quantitative estimate of drug-likeness (QED) is 0.429. The molecule has 0 aromatic rings. The van der Waals surface area contributed by atoms with Crippen LogP contribution in [0, 0.1) is 0 Å². The molecule has 3 atom stereocenters. The van der Waals surface area contributed by atoms with Crippen LogP contribution in [0.15, 0.2) is 9.98 Å². The molecule has 0 fully saturated rings. The van der Waals surface area contributed by atoms with E-state index in [0.717, 1.165) is 0 Å². The number of fused-ring (bicyclic) bond motifs is 1. The first-order chi connectivity index (χ1) is 9.26. The van der Waals surface area contributed by atoms with Crippen LogP contribution in [0.4, 0.5) is 0 Å². The number of rotatable bonds is 5. The average molecular weight is 305 g/mol. The number of ether oxygens (including phenoxy) is 1. The van der Waals surface area contributed by atoms with Crippen molar-refractivity contribution in [2.45, 2.75) is 25.2 Å². The van der Waals surface area contributed by atoms with Crippen molar-refractivity contribution in [1.82, 2.24) is 10.2 Å². The highest BCUT2D eigenvalue weighted by atomic mass is 31.2. The fourth-order valence-electron chi connectivity index (χ4n) is 1.94. The summed E-state index contributed by atoms with van der Waals surface area (Å²) in [6.07, 6.45) is -0.188. The second-order valence-corrected chi connectivity index (χ2v) is 6.18. The molecule has 2 rings (SSSR count). The lowest BCUT2D eigenvalue weighted by atomic mass is 10.2. The lowest BCUT2D eigenvalue weighted by Crippen LogP contribution is -2.54. The number of hydrogen-bond donors (Lipinski definition) is 4. The topological polar surface area (TPSA) is 150 Å². The third kappa shape index (κ3) is 3.54. The van der Waals surface area contributed by atoms with Gasteiger partial charge in [-0.15, -0.1) is 0 Å². The molecule has 0 bridgehead atoms. The van der Waals surface area contributed by atoms with Gasteiger partial charge in [-0.1, -0.05) is 0 Å². The molecular weight excluding hydrogens is 289 g/mol. The molecule has 2 unspecified atom stereocenters. The molecule has 0 aromatic carbocycles. The van der Waals surface area contributed by atoms with Gasteiger partial charge in [0.1, 0.15) is 6.35 Å². The van der Waals surface area contributed by atoms with E-state index in [4.69, 9.17) is 20.3 Å². The smallest absolute Gasteiger partial charge is 0.350 e. The third-order valence-corrected chi connectivity index (χ3v) is 3.27. The van der Waals surface area contributed by atoms with Gasteiger partial charge >= 0.3 is 7.60 Å². The van der Waals surface area contributed by atoms with E-state index in [0.29, 0.717) is 0 Å². The lowest BCUT2D eigenvalue weighted by molar-refractivity contribution is -0.122. The maximum atomic E-state index is 11.6. The van der Waals surface area contributed by atoms with Crippen molar-refractivity contribution < 1.29 is 23.9 Å². The number of guanidine groups is 1. The fraction of sp³-hybridized carbons (Fsp3) is 0.667. The second-order valence-electron chi connectivity index (χ2n) is 4.59. The van der Waals surface area contributed by atoms with E-state index in [-0.39, 0.29) is 18.4 Å². The summed E-state index contributed by atoms with van der Waals surface area (Å²) in [6, 6.07) is -0.656. The van der Waals surface area contributed by atoms with Gasteiger partial charge in [0.15, 0.2) is 18.2 Å². The monoisotopic (exact) mass is 305 g/mol. The SMILES string of the molecule is C[C@H](CN1C=NC2C(=O)NC(N)=NC21)OCP(=O)(O)O. The molecule has 0 aromatic heterocycles. The molecule has 1 amide bonds. The molecule has 10 nitrogen and oxygen atoms in total. The predicted molar refractivity (Wildman–Crippen MR) is 70.0 cm³/mol. The minimum atomic E-state index is -4.20. The molecule has 11 heteroatoms.